The van der Waals surface area contributed by atoms with Gasteiger partial charge in [0.05, 0.1) is 22.3 Å². The molecule has 2 aromatic carbocycles. The predicted molar refractivity (Wildman–Crippen MR) is 191 cm³/mol. The van der Waals surface area contributed by atoms with Crippen LogP contribution in [0.3, 0.4) is 0 Å². The maximum Gasteiger partial charge on any atom is 0.416 e. The first-order valence-corrected chi connectivity index (χ1v) is 18.6. The van der Waals surface area contributed by atoms with Crippen LogP contribution in [0.2, 0.25) is 5.02 Å². The van der Waals surface area contributed by atoms with Crippen molar-refractivity contribution in [3.63, 3.8) is 0 Å². The zero-order valence-electron chi connectivity index (χ0n) is 29.1. The summed E-state index contributed by atoms with van der Waals surface area (Å²) < 4.78 is 46.6. The number of ketones is 1. The lowest BCUT2D eigenvalue weighted by molar-refractivity contribution is -0.137. The van der Waals surface area contributed by atoms with Crippen LogP contribution < -0.4 is 0 Å². The first kappa shape index (κ1) is 36.9. The Morgan fingerprint density at radius 1 is 1.00 bits per heavy atom. The fourth-order valence-electron chi connectivity index (χ4n) is 8.67. The number of carbonyl (C=O) groups excluding carboxylic acids is 1. The first-order valence-electron chi connectivity index (χ1n) is 18.2. The summed E-state index contributed by atoms with van der Waals surface area (Å²) in [6.07, 6.45) is 7.56. The Labute approximate surface area is 298 Å². The molecule has 0 radical (unpaired) electrons. The van der Waals surface area contributed by atoms with Crippen LogP contribution in [0.4, 0.5) is 13.2 Å². The molecular formula is C41H49ClF3NO4. The van der Waals surface area contributed by atoms with E-state index in [1.807, 2.05) is 18.2 Å². The van der Waals surface area contributed by atoms with Crippen LogP contribution in [0.5, 0.6) is 0 Å². The van der Waals surface area contributed by atoms with Crippen LogP contribution in [-0.4, -0.2) is 52.2 Å². The van der Waals surface area contributed by atoms with E-state index in [4.69, 9.17) is 16.0 Å². The number of benzene rings is 2. The van der Waals surface area contributed by atoms with Gasteiger partial charge in [-0.25, -0.2) is 0 Å². The molecule has 0 amide bonds. The number of aliphatic hydroxyl groups is 2. The van der Waals surface area contributed by atoms with Crippen LogP contribution >= 0.6 is 11.6 Å². The third-order valence-electron chi connectivity index (χ3n) is 11.7. The van der Waals surface area contributed by atoms with E-state index in [9.17, 15) is 28.2 Å². The van der Waals surface area contributed by atoms with Crippen molar-refractivity contribution in [3.05, 3.63) is 93.2 Å². The number of furan rings is 1. The Morgan fingerprint density at radius 2 is 1.74 bits per heavy atom. The number of halogens is 4. The van der Waals surface area contributed by atoms with E-state index in [1.165, 1.54) is 43.0 Å². The standard InChI is InChI=1S/C41H49ClF3NO4/c1-27-9-8-19-39(2)34(18-20-40(39,49)26-46-21-6-4-3-5-7-22-46)31-14-11-28(23-30(47)13-10-27)24-32(31)38(48)37-17-16-36(50-37)33-25-29(41(43,44)45)12-15-35(33)42/h9,11-12,14-17,24-25,30,34,47,49H,3-8,10,13,18-23,26H2,1-2H3. The Balaban J connectivity index is 1.40. The van der Waals surface area contributed by atoms with Crippen LogP contribution in [0, 0.1) is 5.41 Å². The molecule has 1 saturated carbocycles. The molecular weight excluding hydrogens is 663 g/mol. The van der Waals surface area contributed by atoms with Gasteiger partial charge >= 0.3 is 6.18 Å². The first-order chi connectivity index (χ1) is 23.8. The van der Waals surface area contributed by atoms with E-state index in [2.05, 4.69) is 24.8 Å². The molecule has 3 aromatic rings. The number of hydrogen-bond donors (Lipinski definition) is 2. The molecule has 4 unspecified atom stereocenters. The van der Waals surface area contributed by atoms with Gasteiger partial charge in [0, 0.05) is 23.1 Å². The fraction of sp³-hybridized carbons (Fsp3) is 0.537. The third-order valence-corrected chi connectivity index (χ3v) is 12.1. The average Bonchev–Trinajstić information content (AvgIpc) is 3.63. The molecule has 2 fully saturated rings. The number of allylic oxidation sites excluding steroid dienone is 2. The molecule has 7 rings (SSSR count). The number of fused-ring (bicyclic) bond motifs is 8. The van der Waals surface area contributed by atoms with Crippen LogP contribution in [0.15, 0.2) is 64.6 Å². The quantitative estimate of drug-likeness (QED) is 0.204. The summed E-state index contributed by atoms with van der Waals surface area (Å²) in [4.78, 5) is 16.9. The number of alkyl halides is 3. The van der Waals surface area contributed by atoms with Crippen molar-refractivity contribution >= 4 is 17.4 Å². The zero-order chi connectivity index (χ0) is 35.7. The van der Waals surface area contributed by atoms with Gasteiger partial charge in [0.1, 0.15) is 5.76 Å². The summed E-state index contributed by atoms with van der Waals surface area (Å²) in [5.74, 6) is -0.475. The van der Waals surface area contributed by atoms with Gasteiger partial charge in [-0.3, -0.25) is 4.79 Å². The lowest BCUT2D eigenvalue weighted by Gasteiger charge is -2.46. The van der Waals surface area contributed by atoms with E-state index in [1.54, 1.807) is 0 Å². The van der Waals surface area contributed by atoms with Crippen molar-refractivity contribution in [2.45, 2.75) is 115 Å². The molecule has 270 valence electrons. The lowest BCUT2D eigenvalue weighted by Crippen LogP contribution is -2.53. The average molecular weight is 712 g/mol. The number of likely N-dealkylation sites (tertiary alicyclic amines) is 1. The minimum atomic E-state index is -4.57. The molecule has 1 aromatic heterocycles. The normalized spacial score (nSPS) is 27.2. The lowest BCUT2D eigenvalue weighted by atomic mass is 9.64. The van der Waals surface area contributed by atoms with Gasteiger partial charge in [0.2, 0.25) is 5.78 Å². The second-order valence-electron chi connectivity index (χ2n) is 15.2. The van der Waals surface area contributed by atoms with Gasteiger partial charge < -0.3 is 19.5 Å². The monoisotopic (exact) mass is 711 g/mol. The molecule has 0 spiro atoms. The molecule has 1 saturated heterocycles. The molecule has 2 bridgehead atoms. The summed E-state index contributed by atoms with van der Waals surface area (Å²) in [6.45, 7) is 6.83. The molecule has 1 aliphatic heterocycles. The summed E-state index contributed by atoms with van der Waals surface area (Å²) in [5.41, 5.74) is 0.963. The fourth-order valence-corrected chi connectivity index (χ4v) is 8.88. The van der Waals surface area contributed by atoms with Gasteiger partial charge in [-0.1, -0.05) is 61.6 Å². The van der Waals surface area contributed by atoms with Crippen molar-refractivity contribution in [1.29, 1.82) is 0 Å². The second kappa shape index (κ2) is 15.0. The van der Waals surface area contributed by atoms with E-state index < -0.39 is 34.6 Å². The van der Waals surface area contributed by atoms with Gasteiger partial charge in [-0.05, 0) is 131 Å². The van der Waals surface area contributed by atoms with Crippen molar-refractivity contribution < 1.29 is 32.6 Å². The Morgan fingerprint density at radius 3 is 2.48 bits per heavy atom. The van der Waals surface area contributed by atoms with E-state index in [0.29, 0.717) is 37.8 Å². The highest BCUT2D eigenvalue weighted by molar-refractivity contribution is 6.33. The Hall–Kier alpha value is -2.91. The molecule has 50 heavy (non-hydrogen) atoms. The second-order valence-corrected chi connectivity index (χ2v) is 15.6. The van der Waals surface area contributed by atoms with Gasteiger partial charge in [0.25, 0.3) is 0 Å². The number of nitrogens with zero attached hydrogens (tertiary/aromatic N) is 1. The molecule has 9 heteroatoms. The summed E-state index contributed by atoms with van der Waals surface area (Å²) in [5, 5.41) is 23.7. The molecule has 4 aliphatic rings. The van der Waals surface area contributed by atoms with Gasteiger partial charge in [-0.2, -0.15) is 13.2 Å². The van der Waals surface area contributed by atoms with Gasteiger partial charge in [0.15, 0.2) is 5.76 Å². The number of hydrogen-bond acceptors (Lipinski definition) is 5. The molecule has 5 nitrogen and oxygen atoms in total. The zero-order valence-corrected chi connectivity index (χ0v) is 29.9. The highest BCUT2D eigenvalue weighted by Gasteiger charge is 2.57. The van der Waals surface area contributed by atoms with Crippen LogP contribution in [-0.2, 0) is 12.6 Å². The van der Waals surface area contributed by atoms with Crippen molar-refractivity contribution in [2.24, 2.45) is 5.41 Å². The van der Waals surface area contributed by atoms with E-state index in [-0.39, 0.29) is 28.0 Å². The topological polar surface area (TPSA) is 73.9 Å². The number of aliphatic hydroxyl groups excluding tert-OH is 1. The third kappa shape index (κ3) is 7.79. The Bertz CT molecular complexity index is 1710. The minimum Gasteiger partial charge on any atom is -0.453 e. The maximum absolute atomic E-state index is 14.5. The molecule has 2 N–H and O–H groups in total. The summed E-state index contributed by atoms with van der Waals surface area (Å²) in [7, 11) is 0. The summed E-state index contributed by atoms with van der Waals surface area (Å²) >= 11 is 6.31. The SMILES string of the molecule is CC1=CCCC2(C)C(CCC2(O)CN2CCCCCCC2)c2ccc(cc2C(=O)c2ccc(-c3cc(C(F)(F)F)ccc3Cl)o2)CC(O)CC1. The highest BCUT2D eigenvalue weighted by Crippen LogP contribution is 2.59. The van der Waals surface area contributed by atoms with Crippen molar-refractivity contribution in [1.82, 2.24) is 4.90 Å². The molecule has 2 heterocycles. The Kier molecular flexibility index (Phi) is 11.0. The number of β-amino-alcohol motifs (C(OH)–C–C–N with tert-alkyl or cyclic N) is 1. The number of rotatable bonds is 5. The highest BCUT2D eigenvalue weighted by atomic mass is 35.5. The largest absolute Gasteiger partial charge is 0.453 e. The maximum atomic E-state index is 14.5. The molecule has 3 aliphatic carbocycles. The van der Waals surface area contributed by atoms with Crippen LogP contribution in [0.25, 0.3) is 11.3 Å². The van der Waals surface area contributed by atoms with Crippen LogP contribution in [0.1, 0.15) is 123 Å². The van der Waals surface area contributed by atoms with E-state index >= 15 is 0 Å². The smallest absolute Gasteiger partial charge is 0.416 e. The minimum absolute atomic E-state index is 0.0114. The van der Waals surface area contributed by atoms with Crippen molar-refractivity contribution in [2.75, 3.05) is 19.6 Å². The number of carbonyl (C=O) groups is 1. The predicted octanol–water partition coefficient (Wildman–Crippen LogP) is 10.2. The van der Waals surface area contributed by atoms with Gasteiger partial charge in [-0.15, -0.1) is 0 Å². The summed E-state index contributed by atoms with van der Waals surface area (Å²) in [6, 6.07) is 11.8. The van der Waals surface area contributed by atoms with E-state index in [0.717, 1.165) is 68.5 Å². The molecule has 4 atom stereocenters. The van der Waals surface area contributed by atoms with Crippen molar-refractivity contribution in [3.8, 4) is 11.3 Å².